The summed E-state index contributed by atoms with van der Waals surface area (Å²) in [6, 6.07) is 13.2. The van der Waals surface area contributed by atoms with Crippen LogP contribution in [-0.4, -0.2) is 18.9 Å². The average Bonchev–Trinajstić information content (AvgIpc) is 2.96. The first-order valence-electron chi connectivity index (χ1n) is 7.96. The van der Waals surface area contributed by atoms with Crippen molar-refractivity contribution in [1.82, 2.24) is 0 Å². The predicted molar refractivity (Wildman–Crippen MR) is 87.8 cm³/mol. The quantitative estimate of drug-likeness (QED) is 0.752. The summed E-state index contributed by atoms with van der Waals surface area (Å²) in [5, 5.41) is 0. The van der Waals surface area contributed by atoms with Gasteiger partial charge in [-0.1, -0.05) is 13.8 Å². The van der Waals surface area contributed by atoms with Crippen molar-refractivity contribution in [2.75, 3.05) is 18.1 Å². The Morgan fingerprint density at radius 1 is 1.14 bits per heavy atom. The summed E-state index contributed by atoms with van der Waals surface area (Å²) in [7, 11) is 2.09. The summed E-state index contributed by atoms with van der Waals surface area (Å²) in [5.41, 5.74) is 4.96. The molecule has 3 heterocycles. The summed E-state index contributed by atoms with van der Waals surface area (Å²) in [6.45, 7) is 8.61. The fourth-order valence-corrected chi connectivity index (χ4v) is 4.00. The van der Waals surface area contributed by atoms with Gasteiger partial charge in [0.1, 0.15) is 12.8 Å². The normalized spacial score (nSPS) is 25.2. The van der Waals surface area contributed by atoms with Crippen molar-refractivity contribution in [2.45, 2.75) is 31.9 Å². The molecule has 0 bridgehead atoms. The second-order valence-corrected chi connectivity index (χ2v) is 7.04. The van der Waals surface area contributed by atoms with E-state index in [1.54, 1.807) is 0 Å². The van der Waals surface area contributed by atoms with E-state index < -0.39 is 0 Å². The number of benzene rings is 1. The van der Waals surface area contributed by atoms with Crippen LogP contribution in [0.3, 0.4) is 0 Å². The van der Waals surface area contributed by atoms with Crippen LogP contribution in [0.15, 0.2) is 42.6 Å². The van der Waals surface area contributed by atoms with E-state index in [2.05, 4.69) is 79.9 Å². The van der Waals surface area contributed by atoms with Crippen LogP contribution >= 0.6 is 0 Å². The zero-order valence-electron chi connectivity index (χ0n) is 13.8. The molecular weight excluding hydrogens is 272 g/mol. The third kappa shape index (κ3) is 1.57. The molecule has 1 saturated heterocycles. The molecule has 1 atom stereocenters. The van der Waals surface area contributed by atoms with Crippen molar-refractivity contribution >= 4 is 5.69 Å². The lowest BCUT2D eigenvalue weighted by Crippen LogP contribution is -2.50. The van der Waals surface area contributed by atoms with E-state index >= 15 is 0 Å². The Kier molecular flexibility index (Phi) is 2.71. The molecule has 0 saturated carbocycles. The molecule has 2 aliphatic rings. The molecule has 114 valence electrons. The molecule has 0 amide bonds. The van der Waals surface area contributed by atoms with Crippen molar-refractivity contribution in [3.8, 4) is 11.3 Å². The van der Waals surface area contributed by atoms with Crippen LogP contribution in [0.2, 0.25) is 0 Å². The molecule has 22 heavy (non-hydrogen) atoms. The highest BCUT2D eigenvalue weighted by molar-refractivity contribution is 5.72. The summed E-state index contributed by atoms with van der Waals surface area (Å²) in [4.78, 5) is 2.43. The summed E-state index contributed by atoms with van der Waals surface area (Å²) in [6.07, 6.45) is 2.09. The van der Waals surface area contributed by atoms with Crippen molar-refractivity contribution in [2.24, 2.45) is 7.05 Å². The first-order chi connectivity index (χ1) is 10.4. The maximum atomic E-state index is 6.15. The molecule has 4 rings (SSSR count). The molecular formula is C19H23N2O+. The SMILES string of the molecule is C[n+]1ccccc1-c1ccc2c(c1)C(C)(C)C1(C)OCCN21. The van der Waals surface area contributed by atoms with Crippen molar-refractivity contribution < 1.29 is 9.30 Å². The fraction of sp³-hybridized carbons (Fsp3) is 0.421. The third-order valence-electron chi connectivity index (χ3n) is 5.68. The zero-order chi connectivity index (χ0) is 15.5. The minimum absolute atomic E-state index is 0.0256. The Bertz CT molecular complexity index is 753. The molecule has 3 heteroatoms. The van der Waals surface area contributed by atoms with E-state index in [1.165, 1.54) is 22.5 Å². The van der Waals surface area contributed by atoms with Crippen LogP contribution in [0.5, 0.6) is 0 Å². The van der Waals surface area contributed by atoms with Crippen molar-refractivity contribution in [3.05, 3.63) is 48.2 Å². The number of hydrogen-bond donors (Lipinski definition) is 0. The number of pyridine rings is 1. The van der Waals surface area contributed by atoms with Crippen LogP contribution in [0.4, 0.5) is 5.69 Å². The molecule has 0 aliphatic carbocycles. The van der Waals surface area contributed by atoms with Crippen LogP contribution in [0, 0.1) is 0 Å². The van der Waals surface area contributed by atoms with E-state index in [9.17, 15) is 0 Å². The zero-order valence-corrected chi connectivity index (χ0v) is 13.8. The van der Waals surface area contributed by atoms with Gasteiger partial charge in [-0.25, -0.2) is 4.57 Å². The fourth-order valence-electron chi connectivity index (χ4n) is 4.00. The Balaban J connectivity index is 1.89. The molecule has 2 aliphatic heterocycles. The smallest absolute Gasteiger partial charge is 0.212 e. The van der Waals surface area contributed by atoms with Gasteiger partial charge in [0.2, 0.25) is 5.69 Å². The topological polar surface area (TPSA) is 16.4 Å². The highest BCUT2D eigenvalue weighted by atomic mass is 16.5. The largest absolute Gasteiger partial charge is 0.353 e. The Labute approximate surface area is 132 Å². The van der Waals surface area contributed by atoms with Gasteiger partial charge in [-0.3, -0.25) is 0 Å². The standard InChI is InChI=1S/C19H23N2O/c1-18(2)15-13-14(16-7-5-6-10-20(16)4)8-9-17(15)21-11-12-22-19(18,21)3/h5-10,13H,11-12H2,1-4H3/q+1. The monoisotopic (exact) mass is 295 g/mol. The van der Waals surface area contributed by atoms with Gasteiger partial charge in [-0.2, -0.15) is 0 Å². The molecule has 2 aromatic rings. The van der Waals surface area contributed by atoms with Crippen LogP contribution in [0.25, 0.3) is 11.3 Å². The lowest BCUT2D eigenvalue weighted by atomic mass is 9.78. The molecule has 3 nitrogen and oxygen atoms in total. The third-order valence-corrected chi connectivity index (χ3v) is 5.68. The highest BCUT2D eigenvalue weighted by Gasteiger charge is 2.57. The number of ether oxygens (including phenoxy) is 1. The maximum Gasteiger partial charge on any atom is 0.212 e. The van der Waals surface area contributed by atoms with Crippen molar-refractivity contribution in [1.29, 1.82) is 0 Å². The first-order valence-corrected chi connectivity index (χ1v) is 7.96. The minimum Gasteiger partial charge on any atom is -0.353 e. The van der Waals surface area contributed by atoms with Gasteiger partial charge >= 0.3 is 0 Å². The van der Waals surface area contributed by atoms with Gasteiger partial charge in [0, 0.05) is 35.3 Å². The lowest BCUT2D eigenvalue weighted by Gasteiger charge is -2.38. The second-order valence-electron chi connectivity index (χ2n) is 7.04. The Morgan fingerprint density at radius 2 is 1.95 bits per heavy atom. The van der Waals surface area contributed by atoms with E-state index in [4.69, 9.17) is 4.74 Å². The number of anilines is 1. The van der Waals surface area contributed by atoms with Gasteiger partial charge in [-0.15, -0.1) is 0 Å². The Morgan fingerprint density at radius 3 is 2.73 bits per heavy atom. The van der Waals surface area contributed by atoms with E-state index in [0.717, 1.165) is 13.2 Å². The number of nitrogens with zero attached hydrogens (tertiary/aromatic N) is 2. The van der Waals surface area contributed by atoms with E-state index in [1.807, 2.05) is 0 Å². The van der Waals surface area contributed by atoms with Gasteiger partial charge < -0.3 is 9.64 Å². The van der Waals surface area contributed by atoms with Crippen LogP contribution < -0.4 is 9.47 Å². The van der Waals surface area contributed by atoms with Crippen LogP contribution in [0.1, 0.15) is 26.3 Å². The Hall–Kier alpha value is -1.87. The van der Waals surface area contributed by atoms with E-state index in [0.29, 0.717) is 0 Å². The summed E-state index contributed by atoms with van der Waals surface area (Å²) < 4.78 is 8.32. The van der Waals surface area contributed by atoms with Gasteiger partial charge in [0.05, 0.1) is 6.61 Å². The average molecular weight is 295 g/mol. The molecule has 0 spiro atoms. The minimum atomic E-state index is -0.229. The molecule has 0 radical (unpaired) electrons. The predicted octanol–water partition coefficient (Wildman–Crippen LogP) is 3.02. The second kappa shape index (κ2) is 4.32. The number of hydrogen-bond acceptors (Lipinski definition) is 2. The maximum absolute atomic E-state index is 6.15. The van der Waals surface area contributed by atoms with Gasteiger partial charge in [0.15, 0.2) is 6.20 Å². The van der Waals surface area contributed by atoms with E-state index in [-0.39, 0.29) is 11.1 Å². The number of aromatic nitrogens is 1. The molecule has 1 fully saturated rings. The van der Waals surface area contributed by atoms with Gasteiger partial charge in [0.25, 0.3) is 0 Å². The summed E-state index contributed by atoms with van der Waals surface area (Å²) >= 11 is 0. The summed E-state index contributed by atoms with van der Waals surface area (Å²) in [5.74, 6) is 0. The lowest BCUT2D eigenvalue weighted by molar-refractivity contribution is -0.660. The molecule has 0 N–H and O–H groups in total. The number of aryl methyl sites for hydroxylation is 1. The molecule has 1 aromatic carbocycles. The van der Waals surface area contributed by atoms with Crippen molar-refractivity contribution in [3.63, 3.8) is 0 Å². The molecule has 1 aromatic heterocycles. The highest BCUT2D eigenvalue weighted by Crippen LogP contribution is 2.54. The number of rotatable bonds is 1. The molecule has 1 unspecified atom stereocenters. The van der Waals surface area contributed by atoms with Crippen LogP contribution in [-0.2, 0) is 17.2 Å². The first kappa shape index (κ1) is 13.8. The van der Waals surface area contributed by atoms with Gasteiger partial charge in [-0.05, 0) is 36.8 Å². The number of fused-ring (bicyclic) bond motifs is 3.